The predicted molar refractivity (Wildman–Crippen MR) is 156 cm³/mol. The molecule has 0 aliphatic rings. The maximum absolute atomic E-state index is 14.2. The Balaban J connectivity index is 1.85. The van der Waals surface area contributed by atoms with E-state index >= 15 is 0 Å². The Morgan fingerprint density at radius 3 is 1.65 bits per heavy atom. The quantitative estimate of drug-likeness (QED) is 0.171. The third-order valence-electron chi connectivity index (χ3n) is 7.17. The van der Waals surface area contributed by atoms with E-state index in [2.05, 4.69) is 47.5 Å². The summed E-state index contributed by atoms with van der Waals surface area (Å²) in [5.41, 5.74) is 5.08. The summed E-state index contributed by atoms with van der Waals surface area (Å²) in [6, 6.07) is 16.7. The molecule has 0 radical (unpaired) electrons. The van der Waals surface area contributed by atoms with Crippen molar-refractivity contribution >= 4 is 56.6 Å². The van der Waals surface area contributed by atoms with E-state index < -0.39 is 0 Å². The Morgan fingerprint density at radius 2 is 1.19 bits per heavy atom. The van der Waals surface area contributed by atoms with E-state index in [9.17, 15) is 4.39 Å². The van der Waals surface area contributed by atoms with E-state index in [0.717, 1.165) is 77.3 Å². The number of halogens is 4. The molecule has 0 aliphatic heterocycles. The summed E-state index contributed by atoms with van der Waals surface area (Å²) in [6.45, 7) is 6.15. The molecule has 2 aromatic heterocycles. The van der Waals surface area contributed by atoms with Crippen molar-refractivity contribution < 1.29 is 4.39 Å². The van der Waals surface area contributed by atoms with Gasteiger partial charge in [-0.2, -0.15) is 0 Å². The van der Waals surface area contributed by atoms with Gasteiger partial charge in [-0.15, -0.1) is 0 Å². The SMILES string of the molecule is CCCCn1cc(C(c2ccc(F)cc2Cl)c2cn(CCCC)c3cccc(Cl)c23)c2c(Cl)cccc21. The standard InChI is InChI=1S/C31H30Cl3FN2/c1-3-5-15-36-18-22(30-24(32)9-7-11-27(30)36)29(21-14-13-20(35)17-26(21)34)23-19-37(16-6-4-2)28-12-8-10-25(33)31(23)28/h7-14,17-19,29H,3-6,15-16H2,1-2H3. The largest absolute Gasteiger partial charge is 0.347 e. The molecule has 6 heteroatoms. The highest BCUT2D eigenvalue weighted by molar-refractivity contribution is 6.36. The number of fused-ring (bicyclic) bond motifs is 2. The van der Waals surface area contributed by atoms with Crippen LogP contribution in [0.2, 0.25) is 15.1 Å². The fourth-order valence-electron chi connectivity index (χ4n) is 5.38. The first kappa shape index (κ1) is 26.2. The maximum Gasteiger partial charge on any atom is 0.124 e. The zero-order chi connectivity index (χ0) is 26.1. The first-order valence-corrected chi connectivity index (χ1v) is 14.1. The summed E-state index contributed by atoms with van der Waals surface area (Å²) in [7, 11) is 0. The van der Waals surface area contributed by atoms with E-state index in [0.29, 0.717) is 15.1 Å². The highest BCUT2D eigenvalue weighted by atomic mass is 35.5. The molecule has 3 aromatic carbocycles. The summed E-state index contributed by atoms with van der Waals surface area (Å²) in [5.74, 6) is -0.650. The summed E-state index contributed by atoms with van der Waals surface area (Å²) in [6.07, 6.45) is 8.68. The molecule has 0 unspecified atom stereocenters. The zero-order valence-electron chi connectivity index (χ0n) is 21.1. The van der Waals surface area contributed by atoms with Crippen LogP contribution < -0.4 is 0 Å². The molecule has 0 amide bonds. The molecule has 192 valence electrons. The van der Waals surface area contributed by atoms with Crippen molar-refractivity contribution in [3.8, 4) is 0 Å². The first-order chi connectivity index (χ1) is 17.9. The summed E-state index contributed by atoms with van der Waals surface area (Å²) < 4.78 is 18.8. The molecule has 0 spiro atoms. The minimum Gasteiger partial charge on any atom is -0.347 e. The monoisotopic (exact) mass is 554 g/mol. The molecule has 5 aromatic rings. The summed E-state index contributed by atoms with van der Waals surface area (Å²) >= 11 is 20.5. The second-order valence-electron chi connectivity index (χ2n) is 9.63. The van der Waals surface area contributed by atoms with E-state index in [1.807, 2.05) is 24.3 Å². The van der Waals surface area contributed by atoms with Crippen LogP contribution in [-0.2, 0) is 13.1 Å². The second kappa shape index (κ2) is 11.1. The number of benzene rings is 3. The van der Waals surface area contributed by atoms with Gasteiger partial charge in [-0.1, -0.05) is 79.7 Å². The van der Waals surface area contributed by atoms with Crippen LogP contribution in [0.4, 0.5) is 4.39 Å². The Bertz CT molecular complexity index is 1470. The third-order valence-corrected chi connectivity index (χ3v) is 8.13. The van der Waals surface area contributed by atoms with Crippen molar-refractivity contribution in [1.82, 2.24) is 9.13 Å². The van der Waals surface area contributed by atoms with Crippen LogP contribution in [0.5, 0.6) is 0 Å². The molecule has 2 nitrogen and oxygen atoms in total. The van der Waals surface area contributed by atoms with Crippen LogP contribution in [-0.4, -0.2) is 9.13 Å². The van der Waals surface area contributed by atoms with Crippen LogP contribution in [0.3, 0.4) is 0 Å². The predicted octanol–water partition coefficient (Wildman–Crippen LogP) is 10.5. The molecule has 2 heterocycles. The van der Waals surface area contributed by atoms with Gasteiger partial charge in [-0.05, 0) is 65.9 Å². The van der Waals surface area contributed by atoms with Gasteiger partial charge in [0.2, 0.25) is 0 Å². The maximum atomic E-state index is 14.2. The van der Waals surface area contributed by atoms with Crippen molar-refractivity contribution in [2.24, 2.45) is 0 Å². The number of unbranched alkanes of at least 4 members (excludes halogenated alkanes) is 2. The Kier molecular flexibility index (Phi) is 7.85. The first-order valence-electron chi connectivity index (χ1n) is 12.9. The number of nitrogens with zero attached hydrogens (tertiary/aromatic N) is 2. The van der Waals surface area contributed by atoms with Gasteiger partial charge in [0.15, 0.2) is 0 Å². The van der Waals surface area contributed by atoms with Gasteiger partial charge >= 0.3 is 0 Å². The average Bonchev–Trinajstić information content (AvgIpc) is 3.43. The zero-order valence-corrected chi connectivity index (χ0v) is 23.3. The van der Waals surface area contributed by atoms with Gasteiger partial charge in [0.1, 0.15) is 5.82 Å². The lowest BCUT2D eigenvalue weighted by Crippen LogP contribution is -2.05. The average molecular weight is 556 g/mol. The number of aromatic nitrogens is 2. The lowest BCUT2D eigenvalue weighted by Gasteiger charge is -2.19. The molecule has 0 saturated heterocycles. The molecule has 0 fully saturated rings. The van der Waals surface area contributed by atoms with E-state index in [1.54, 1.807) is 6.07 Å². The van der Waals surface area contributed by atoms with Crippen molar-refractivity contribution in [3.63, 3.8) is 0 Å². The molecule has 0 N–H and O–H groups in total. The lowest BCUT2D eigenvalue weighted by atomic mass is 9.84. The molecule has 0 aliphatic carbocycles. The highest BCUT2D eigenvalue weighted by Crippen LogP contribution is 2.46. The van der Waals surface area contributed by atoms with Gasteiger partial charge in [0, 0.05) is 58.2 Å². The van der Waals surface area contributed by atoms with E-state index in [-0.39, 0.29) is 11.7 Å². The summed E-state index contributed by atoms with van der Waals surface area (Å²) in [4.78, 5) is 0. The normalized spacial score (nSPS) is 11.9. The van der Waals surface area contributed by atoms with Gasteiger partial charge in [-0.3, -0.25) is 0 Å². The fourth-order valence-corrected chi connectivity index (χ4v) is 6.22. The Hall–Kier alpha value is -2.46. The van der Waals surface area contributed by atoms with Crippen molar-refractivity contribution in [1.29, 1.82) is 0 Å². The Labute approximate surface area is 232 Å². The fraction of sp³-hybridized carbons (Fsp3) is 0.290. The highest BCUT2D eigenvalue weighted by Gasteiger charge is 2.29. The van der Waals surface area contributed by atoms with Gasteiger partial charge in [0.05, 0.1) is 10.0 Å². The van der Waals surface area contributed by atoms with E-state index in [1.165, 1.54) is 12.1 Å². The number of rotatable bonds is 9. The molecule has 0 bridgehead atoms. The molecular weight excluding hydrogens is 526 g/mol. The van der Waals surface area contributed by atoms with Crippen molar-refractivity contribution in [3.05, 3.63) is 105 Å². The number of aryl methyl sites for hydroxylation is 2. The van der Waals surface area contributed by atoms with Crippen LogP contribution in [0.1, 0.15) is 62.1 Å². The van der Waals surface area contributed by atoms with Crippen molar-refractivity contribution in [2.45, 2.75) is 58.5 Å². The summed E-state index contributed by atoms with van der Waals surface area (Å²) in [5, 5.41) is 3.74. The molecule has 5 rings (SSSR count). The van der Waals surface area contributed by atoms with Gasteiger partial charge < -0.3 is 9.13 Å². The minimum absolute atomic E-state index is 0.288. The number of hydrogen-bond donors (Lipinski definition) is 0. The van der Waals surface area contributed by atoms with Crippen LogP contribution in [0.15, 0.2) is 67.0 Å². The van der Waals surface area contributed by atoms with Crippen LogP contribution in [0, 0.1) is 5.82 Å². The third kappa shape index (κ3) is 4.90. The smallest absolute Gasteiger partial charge is 0.124 e. The van der Waals surface area contributed by atoms with Crippen LogP contribution in [0.25, 0.3) is 21.8 Å². The topological polar surface area (TPSA) is 9.86 Å². The molecule has 37 heavy (non-hydrogen) atoms. The van der Waals surface area contributed by atoms with Gasteiger partial charge in [-0.25, -0.2) is 4.39 Å². The van der Waals surface area contributed by atoms with Crippen LogP contribution >= 0.6 is 34.8 Å². The van der Waals surface area contributed by atoms with Crippen molar-refractivity contribution in [2.75, 3.05) is 0 Å². The molecule has 0 atom stereocenters. The van der Waals surface area contributed by atoms with Gasteiger partial charge in [0.25, 0.3) is 0 Å². The van der Waals surface area contributed by atoms with E-state index in [4.69, 9.17) is 34.8 Å². The molecular formula is C31H30Cl3FN2. The molecule has 0 saturated carbocycles. The number of hydrogen-bond acceptors (Lipinski definition) is 0. The Morgan fingerprint density at radius 1 is 0.676 bits per heavy atom. The minimum atomic E-state index is -0.362. The second-order valence-corrected chi connectivity index (χ2v) is 10.9. The lowest BCUT2D eigenvalue weighted by molar-refractivity contribution is 0.626.